The molecule has 9 heavy (non-hydrogen) atoms. The van der Waals surface area contributed by atoms with Crippen LogP contribution in [-0.2, 0) is 27.7 Å². The van der Waals surface area contributed by atoms with Crippen LogP contribution in [-0.4, -0.2) is 11.7 Å². The van der Waals surface area contributed by atoms with Crippen LogP contribution in [0.25, 0.3) is 0 Å². The summed E-state index contributed by atoms with van der Waals surface area (Å²) in [6.45, 7) is 3.32. The van der Waals surface area contributed by atoms with Crippen LogP contribution >= 0.6 is 0 Å². The topological polar surface area (TPSA) is 25.2 Å². The monoisotopic (exact) mass is 308 g/mol. The third-order valence-corrected chi connectivity index (χ3v) is 0.811. The summed E-state index contributed by atoms with van der Waals surface area (Å²) >= 11 is 0. The Morgan fingerprint density at radius 3 is 2.56 bits per heavy atom. The molecule has 0 bridgehead atoms. The Labute approximate surface area is 74.5 Å². The molecular weight excluding hydrogens is 301 g/mol. The quantitative estimate of drug-likeness (QED) is 0.569. The molecule has 0 aromatic carbocycles. The number of nitrogens with zero attached hydrogens (tertiary/aromatic N) is 2. The average Bonchev–Trinajstić information content (AvgIpc) is 1.90. The van der Waals surface area contributed by atoms with Gasteiger partial charge >= 0.3 is 0 Å². The first-order valence-corrected chi connectivity index (χ1v) is 2.31. The molecule has 2 nitrogen and oxygen atoms in total. The SMILES string of the molecule is C=Nc1ccccn1.[Hg]. The third kappa shape index (κ3) is 2.70. The van der Waals surface area contributed by atoms with Crippen LogP contribution in [0.4, 0.5) is 5.82 Å². The van der Waals surface area contributed by atoms with Gasteiger partial charge in [0.1, 0.15) is 0 Å². The molecule has 1 rings (SSSR count). The molecule has 0 fully saturated rings. The number of aliphatic imine (C=N–C) groups is 1. The third-order valence-electron chi connectivity index (χ3n) is 0.811. The van der Waals surface area contributed by atoms with Crippen LogP contribution in [0.5, 0.6) is 0 Å². The van der Waals surface area contributed by atoms with E-state index in [4.69, 9.17) is 0 Å². The summed E-state index contributed by atoms with van der Waals surface area (Å²) in [6.07, 6.45) is 1.68. The fraction of sp³-hybridized carbons (Fsp3) is 0. The zero-order valence-electron chi connectivity index (χ0n) is 5.12. The van der Waals surface area contributed by atoms with Crippen LogP contribution < -0.4 is 0 Å². The van der Waals surface area contributed by atoms with Gasteiger partial charge in [0.25, 0.3) is 0 Å². The molecule has 0 aliphatic carbocycles. The van der Waals surface area contributed by atoms with Gasteiger partial charge < -0.3 is 0 Å². The molecule has 0 aliphatic heterocycles. The van der Waals surface area contributed by atoms with Gasteiger partial charge in [-0.25, -0.2) is 9.98 Å². The Balaban J connectivity index is 0.000000640. The first-order chi connectivity index (χ1) is 3.93. The van der Waals surface area contributed by atoms with E-state index in [1.807, 2.05) is 12.1 Å². The molecular formula is C6H6HgN2. The Bertz CT molecular complexity index is 174. The molecule has 1 aromatic rings. The average molecular weight is 307 g/mol. The van der Waals surface area contributed by atoms with Gasteiger partial charge in [0.05, 0.1) is 0 Å². The van der Waals surface area contributed by atoms with Gasteiger partial charge in [0.2, 0.25) is 0 Å². The first-order valence-electron chi connectivity index (χ1n) is 2.31. The first kappa shape index (κ1) is 8.76. The normalized spacial score (nSPS) is 7.56. The van der Waals surface area contributed by atoms with E-state index >= 15 is 0 Å². The molecule has 42 valence electrons. The largest absolute Gasteiger partial charge is 0.245 e. The molecule has 0 amide bonds. The van der Waals surface area contributed by atoms with Crippen molar-refractivity contribution in [1.29, 1.82) is 0 Å². The summed E-state index contributed by atoms with van der Waals surface area (Å²) in [5, 5.41) is 0. The maximum atomic E-state index is 3.87. The predicted octanol–water partition coefficient (Wildman–Crippen LogP) is 1.41. The van der Waals surface area contributed by atoms with E-state index in [1.165, 1.54) is 0 Å². The zero-order chi connectivity index (χ0) is 5.82. The molecule has 0 N–H and O–H groups in total. The fourth-order valence-electron chi connectivity index (χ4n) is 0.447. The van der Waals surface area contributed by atoms with E-state index in [0.29, 0.717) is 5.82 Å². The van der Waals surface area contributed by atoms with Gasteiger partial charge in [-0.15, -0.1) is 0 Å². The van der Waals surface area contributed by atoms with Crippen molar-refractivity contribution < 1.29 is 27.7 Å². The smallest absolute Gasteiger partial charge is 0.151 e. The minimum absolute atomic E-state index is 0. The minimum atomic E-state index is 0. The minimum Gasteiger partial charge on any atom is -0.245 e. The molecule has 1 aromatic heterocycles. The Kier molecular flexibility index (Phi) is 4.49. The summed E-state index contributed by atoms with van der Waals surface area (Å²) in [6, 6.07) is 5.51. The number of pyridine rings is 1. The predicted molar refractivity (Wildman–Crippen MR) is 33.4 cm³/mol. The molecule has 1 heterocycles. The van der Waals surface area contributed by atoms with Gasteiger partial charge in [-0.1, -0.05) is 6.07 Å². The summed E-state index contributed by atoms with van der Waals surface area (Å²) in [5.74, 6) is 0.674. The molecule has 3 heteroatoms. The maximum absolute atomic E-state index is 3.87. The van der Waals surface area contributed by atoms with Gasteiger partial charge in [-0.2, -0.15) is 0 Å². The van der Waals surface area contributed by atoms with Gasteiger partial charge in [-0.05, 0) is 18.9 Å². The summed E-state index contributed by atoms with van der Waals surface area (Å²) in [4.78, 5) is 7.48. The van der Waals surface area contributed by atoms with E-state index in [1.54, 1.807) is 12.3 Å². The van der Waals surface area contributed by atoms with Gasteiger partial charge in [-0.3, -0.25) is 0 Å². The van der Waals surface area contributed by atoms with Crippen molar-refractivity contribution in [2.45, 2.75) is 0 Å². The Morgan fingerprint density at radius 2 is 2.22 bits per heavy atom. The molecule has 0 unspecified atom stereocenters. The van der Waals surface area contributed by atoms with E-state index in [0.717, 1.165) is 0 Å². The van der Waals surface area contributed by atoms with E-state index in [-0.39, 0.29) is 27.7 Å². The van der Waals surface area contributed by atoms with Crippen LogP contribution in [0, 0.1) is 0 Å². The van der Waals surface area contributed by atoms with Gasteiger partial charge in [0, 0.05) is 33.9 Å². The summed E-state index contributed by atoms with van der Waals surface area (Å²) in [7, 11) is 0. The second kappa shape index (κ2) is 4.62. The van der Waals surface area contributed by atoms with Crippen molar-refractivity contribution in [3.63, 3.8) is 0 Å². The summed E-state index contributed by atoms with van der Waals surface area (Å²) < 4.78 is 0. The van der Waals surface area contributed by atoms with Crippen LogP contribution in [0.1, 0.15) is 0 Å². The number of rotatable bonds is 1. The fourth-order valence-corrected chi connectivity index (χ4v) is 0.447. The second-order valence-corrected chi connectivity index (χ2v) is 1.35. The Morgan fingerprint density at radius 1 is 1.44 bits per heavy atom. The van der Waals surface area contributed by atoms with E-state index in [9.17, 15) is 0 Å². The van der Waals surface area contributed by atoms with Crippen LogP contribution in [0.3, 0.4) is 0 Å². The van der Waals surface area contributed by atoms with Crippen molar-refractivity contribution in [3.05, 3.63) is 24.4 Å². The van der Waals surface area contributed by atoms with E-state index < -0.39 is 0 Å². The van der Waals surface area contributed by atoms with Crippen molar-refractivity contribution >= 4 is 12.5 Å². The van der Waals surface area contributed by atoms with Crippen LogP contribution in [0.15, 0.2) is 29.4 Å². The molecule has 0 aliphatic rings. The molecule has 0 saturated carbocycles. The van der Waals surface area contributed by atoms with Crippen molar-refractivity contribution in [2.75, 3.05) is 0 Å². The Hall–Kier alpha value is -0.245. The standard InChI is InChI=1S/C6H6N2.Hg/c1-7-6-4-2-3-5-8-6;/h2-5H,1H2;. The summed E-state index contributed by atoms with van der Waals surface area (Å²) in [5.41, 5.74) is 0. The second-order valence-electron chi connectivity index (χ2n) is 1.35. The van der Waals surface area contributed by atoms with Crippen LogP contribution in [0.2, 0.25) is 0 Å². The molecule has 0 atom stereocenters. The number of aromatic nitrogens is 1. The van der Waals surface area contributed by atoms with Crippen molar-refractivity contribution in [2.24, 2.45) is 4.99 Å². The molecule has 0 spiro atoms. The molecule has 0 radical (unpaired) electrons. The van der Waals surface area contributed by atoms with Crippen molar-refractivity contribution in [3.8, 4) is 0 Å². The maximum Gasteiger partial charge on any atom is 0.151 e. The van der Waals surface area contributed by atoms with E-state index in [2.05, 4.69) is 16.7 Å². The number of hydrogen-bond acceptors (Lipinski definition) is 2. The molecule has 0 saturated heterocycles. The van der Waals surface area contributed by atoms with Crippen molar-refractivity contribution in [1.82, 2.24) is 4.98 Å². The zero-order valence-corrected chi connectivity index (χ0v) is 10.6. The van der Waals surface area contributed by atoms with Gasteiger partial charge in [0.15, 0.2) is 5.82 Å². The number of hydrogen-bond donors (Lipinski definition) is 0.